The monoisotopic (exact) mass is 654 g/mol. The minimum absolute atomic E-state index is 0.0321. The van der Waals surface area contributed by atoms with Gasteiger partial charge < -0.3 is 14.2 Å². The second kappa shape index (κ2) is 17.0. The van der Waals surface area contributed by atoms with E-state index in [9.17, 15) is 8.78 Å². The summed E-state index contributed by atoms with van der Waals surface area (Å²) >= 11 is 12.5. The van der Waals surface area contributed by atoms with Gasteiger partial charge in [0, 0.05) is 20.9 Å². The smallest absolute Gasteiger partial charge is 0.123 e. The number of aryl methyl sites for hydroxylation is 2. The minimum Gasteiger partial charge on any atom is -0.491 e. The maximum atomic E-state index is 12.9. The molecule has 3 nitrogen and oxygen atoms in total. The number of rotatable bonds is 18. The zero-order chi connectivity index (χ0) is 32.1. The average molecular weight is 656 g/mol. The van der Waals surface area contributed by atoms with Crippen LogP contribution in [0.25, 0.3) is 0 Å². The molecule has 0 aliphatic heterocycles. The number of halogens is 4. The Labute approximate surface area is 276 Å². The number of hydrogen-bond donors (Lipinski definition) is 0. The summed E-state index contributed by atoms with van der Waals surface area (Å²) in [5.41, 5.74) is 3.63. The highest BCUT2D eigenvalue weighted by atomic mass is 35.5. The zero-order valence-electron chi connectivity index (χ0n) is 26.0. The molecule has 0 heterocycles. The highest BCUT2D eigenvalue weighted by Gasteiger charge is 2.32. The Morgan fingerprint density at radius 3 is 1.31 bits per heavy atom. The predicted octanol–water partition coefficient (Wildman–Crippen LogP) is 10.2. The largest absolute Gasteiger partial charge is 0.491 e. The molecule has 0 saturated heterocycles. The Bertz CT molecular complexity index is 1350. The average Bonchev–Trinajstić information content (AvgIpc) is 3.06. The van der Waals surface area contributed by atoms with Crippen LogP contribution < -0.4 is 9.47 Å². The van der Waals surface area contributed by atoms with E-state index < -0.39 is 13.3 Å². The second-order valence-corrected chi connectivity index (χ2v) is 12.8. The van der Waals surface area contributed by atoms with Crippen molar-refractivity contribution < 1.29 is 23.0 Å². The molecule has 0 fully saturated rings. The normalized spacial score (nSPS) is 14.0. The van der Waals surface area contributed by atoms with Gasteiger partial charge in [-0.1, -0.05) is 97.7 Å². The van der Waals surface area contributed by atoms with Crippen LogP contribution in [0, 0.1) is 0 Å². The first-order valence-electron chi connectivity index (χ1n) is 15.4. The van der Waals surface area contributed by atoms with Gasteiger partial charge in [0.05, 0.1) is 13.2 Å². The van der Waals surface area contributed by atoms with Crippen molar-refractivity contribution >= 4 is 23.2 Å². The fourth-order valence-electron chi connectivity index (χ4n) is 5.63. The summed E-state index contributed by atoms with van der Waals surface area (Å²) in [4.78, 5) is 0. The Hall–Kier alpha value is -3.12. The molecule has 0 aliphatic rings. The van der Waals surface area contributed by atoms with Gasteiger partial charge in [0.2, 0.25) is 0 Å². The molecule has 0 saturated carbocycles. The molecule has 0 aromatic heterocycles. The van der Waals surface area contributed by atoms with E-state index in [2.05, 4.69) is 38.1 Å². The highest BCUT2D eigenvalue weighted by molar-refractivity contribution is 6.30. The van der Waals surface area contributed by atoms with Gasteiger partial charge in [0.1, 0.15) is 38.1 Å². The SMILES string of the molecule is CC(CCc1ccccc1OCCF)(COCC(C)(CCc1ccccc1OCCF)c1ccc(Cl)cc1)c1ccc(Cl)cc1. The van der Waals surface area contributed by atoms with Crippen LogP contribution in [0.3, 0.4) is 0 Å². The van der Waals surface area contributed by atoms with Crippen molar-refractivity contribution in [1.82, 2.24) is 0 Å². The number of alkyl halides is 2. The van der Waals surface area contributed by atoms with Gasteiger partial charge in [0.15, 0.2) is 0 Å². The van der Waals surface area contributed by atoms with Gasteiger partial charge in [-0.05, 0) is 84.3 Å². The molecule has 7 heteroatoms. The molecule has 0 amide bonds. The van der Waals surface area contributed by atoms with Gasteiger partial charge in [-0.15, -0.1) is 0 Å². The molecule has 2 unspecified atom stereocenters. The van der Waals surface area contributed by atoms with Gasteiger partial charge in [0.25, 0.3) is 0 Å². The van der Waals surface area contributed by atoms with E-state index in [1.807, 2.05) is 72.8 Å². The zero-order valence-corrected chi connectivity index (χ0v) is 27.6. The van der Waals surface area contributed by atoms with Crippen molar-refractivity contribution in [3.63, 3.8) is 0 Å². The van der Waals surface area contributed by atoms with E-state index in [0.29, 0.717) is 34.8 Å². The van der Waals surface area contributed by atoms with E-state index in [4.69, 9.17) is 37.4 Å². The molecule has 0 spiro atoms. The molecular formula is C38H42Cl2F2O3. The van der Waals surface area contributed by atoms with E-state index in [1.54, 1.807) is 0 Å². The van der Waals surface area contributed by atoms with Crippen molar-refractivity contribution in [2.75, 3.05) is 39.8 Å². The van der Waals surface area contributed by atoms with Crippen molar-refractivity contribution in [3.05, 3.63) is 129 Å². The predicted molar refractivity (Wildman–Crippen MR) is 181 cm³/mol. The molecule has 4 aromatic rings. The third-order valence-corrected chi connectivity index (χ3v) is 8.93. The lowest BCUT2D eigenvalue weighted by atomic mass is 9.77. The van der Waals surface area contributed by atoms with Crippen molar-refractivity contribution in [2.24, 2.45) is 0 Å². The first-order chi connectivity index (χ1) is 21.8. The Kier molecular flexibility index (Phi) is 13.1. The fraction of sp³-hybridized carbons (Fsp3) is 0.368. The van der Waals surface area contributed by atoms with Gasteiger partial charge >= 0.3 is 0 Å². The van der Waals surface area contributed by atoms with Crippen LogP contribution in [0.5, 0.6) is 11.5 Å². The van der Waals surface area contributed by atoms with Gasteiger partial charge in [-0.25, -0.2) is 8.78 Å². The van der Waals surface area contributed by atoms with Gasteiger partial charge in [-0.2, -0.15) is 0 Å². The summed E-state index contributed by atoms with van der Waals surface area (Å²) in [6.45, 7) is 4.36. The molecule has 0 aliphatic carbocycles. The van der Waals surface area contributed by atoms with Crippen LogP contribution in [0.1, 0.15) is 48.9 Å². The summed E-state index contributed by atoms with van der Waals surface area (Å²) < 4.78 is 43.8. The lowest BCUT2D eigenvalue weighted by Gasteiger charge is -2.35. The van der Waals surface area contributed by atoms with Crippen LogP contribution in [0.2, 0.25) is 10.0 Å². The second-order valence-electron chi connectivity index (χ2n) is 11.9. The minimum atomic E-state index is -0.534. The van der Waals surface area contributed by atoms with Crippen LogP contribution in [-0.2, 0) is 28.4 Å². The molecule has 45 heavy (non-hydrogen) atoms. The number of benzene rings is 4. The Morgan fingerprint density at radius 2 is 0.933 bits per heavy atom. The maximum Gasteiger partial charge on any atom is 0.123 e. The van der Waals surface area contributed by atoms with Crippen molar-refractivity contribution in [1.29, 1.82) is 0 Å². The first-order valence-corrected chi connectivity index (χ1v) is 16.2. The van der Waals surface area contributed by atoms with Crippen LogP contribution in [0.4, 0.5) is 8.78 Å². The standard InChI is InChI=1S/C38H42Cl2F2O3/c1-37(31-11-15-33(39)16-12-31,21-19-29-7-3-5-9-35(29)44-25-23-41)27-43-28-38(2,32-13-17-34(40)18-14-32)22-20-30-8-4-6-10-36(30)45-26-24-42/h3-18H,19-28H2,1-2H3. The summed E-state index contributed by atoms with van der Waals surface area (Å²) in [6, 6.07) is 31.5. The van der Waals surface area contributed by atoms with Crippen LogP contribution in [-0.4, -0.2) is 39.8 Å². The highest BCUT2D eigenvalue weighted by Crippen LogP contribution is 2.36. The van der Waals surface area contributed by atoms with E-state index in [-0.39, 0.29) is 24.0 Å². The maximum absolute atomic E-state index is 12.9. The quantitative estimate of drug-likeness (QED) is 0.107. The molecule has 0 radical (unpaired) electrons. The van der Waals surface area contributed by atoms with Crippen molar-refractivity contribution in [2.45, 2.75) is 50.4 Å². The Balaban J connectivity index is 1.54. The van der Waals surface area contributed by atoms with E-state index >= 15 is 0 Å². The number of ether oxygens (including phenoxy) is 3. The van der Waals surface area contributed by atoms with E-state index in [0.717, 1.165) is 47.9 Å². The first kappa shape index (κ1) is 34.7. The lowest BCUT2D eigenvalue weighted by Crippen LogP contribution is -2.35. The molecule has 240 valence electrons. The molecule has 0 bridgehead atoms. The Morgan fingerprint density at radius 1 is 0.556 bits per heavy atom. The van der Waals surface area contributed by atoms with Gasteiger partial charge in [-0.3, -0.25) is 0 Å². The fourth-order valence-corrected chi connectivity index (χ4v) is 5.88. The third-order valence-electron chi connectivity index (χ3n) is 8.43. The molecule has 0 N–H and O–H groups in total. The summed E-state index contributed by atoms with van der Waals surface area (Å²) in [7, 11) is 0. The van der Waals surface area contributed by atoms with Crippen LogP contribution >= 0.6 is 23.2 Å². The number of para-hydroxylation sites is 2. The molecular weight excluding hydrogens is 613 g/mol. The molecule has 4 aromatic carbocycles. The van der Waals surface area contributed by atoms with E-state index in [1.165, 1.54) is 0 Å². The number of hydrogen-bond acceptors (Lipinski definition) is 3. The third kappa shape index (κ3) is 9.93. The summed E-state index contributed by atoms with van der Waals surface area (Å²) in [5, 5.41) is 1.36. The molecule has 2 atom stereocenters. The van der Waals surface area contributed by atoms with Crippen LogP contribution in [0.15, 0.2) is 97.1 Å². The summed E-state index contributed by atoms with van der Waals surface area (Å²) in [6.07, 6.45) is 3.02. The summed E-state index contributed by atoms with van der Waals surface area (Å²) in [5.74, 6) is 1.42. The topological polar surface area (TPSA) is 27.7 Å². The van der Waals surface area contributed by atoms with Crippen molar-refractivity contribution in [3.8, 4) is 11.5 Å². The lowest BCUT2D eigenvalue weighted by molar-refractivity contribution is 0.0484. The molecule has 4 rings (SSSR count).